The predicted octanol–water partition coefficient (Wildman–Crippen LogP) is 5.08. The van der Waals surface area contributed by atoms with Crippen molar-refractivity contribution in [2.24, 2.45) is 0 Å². The maximum absolute atomic E-state index is 5.74. The first-order valence-corrected chi connectivity index (χ1v) is 6.88. The van der Waals surface area contributed by atoms with Crippen LogP contribution in [-0.4, -0.2) is 0 Å². The van der Waals surface area contributed by atoms with E-state index < -0.39 is 0 Å². The van der Waals surface area contributed by atoms with Crippen LogP contribution >= 0.6 is 15.9 Å². The fraction of sp³-hybridized carbons (Fsp3) is 0.125. The Hall–Kier alpha value is -1.74. The van der Waals surface area contributed by atoms with Crippen molar-refractivity contribution in [1.82, 2.24) is 0 Å². The molecule has 0 amide bonds. The Morgan fingerprint density at radius 3 is 2.79 bits per heavy atom. The monoisotopic (exact) mass is 316 g/mol. The van der Waals surface area contributed by atoms with Gasteiger partial charge in [-0.25, -0.2) is 0 Å². The van der Waals surface area contributed by atoms with Crippen molar-refractivity contribution in [1.29, 1.82) is 0 Å². The van der Waals surface area contributed by atoms with Crippen molar-refractivity contribution in [3.8, 4) is 5.75 Å². The molecule has 0 fully saturated rings. The molecular formula is C16H13BrO2. The van der Waals surface area contributed by atoms with Crippen LogP contribution in [0.3, 0.4) is 0 Å². The topological polar surface area (TPSA) is 22.4 Å². The summed E-state index contributed by atoms with van der Waals surface area (Å²) in [6.45, 7) is 2.50. The Kier molecular flexibility index (Phi) is 3.30. The quantitative estimate of drug-likeness (QED) is 0.672. The first-order chi connectivity index (χ1) is 9.22. The summed E-state index contributed by atoms with van der Waals surface area (Å²) in [6.07, 6.45) is 0. The zero-order chi connectivity index (χ0) is 13.2. The molecule has 3 rings (SSSR count). The van der Waals surface area contributed by atoms with Gasteiger partial charge in [-0.15, -0.1) is 0 Å². The number of benzene rings is 2. The van der Waals surface area contributed by atoms with E-state index in [0.717, 1.165) is 27.0 Å². The van der Waals surface area contributed by atoms with Gasteiger partial charge in [0.25, 0.3) is 0 Å². The van der Waals surface area contributed by atoms with E-state index in [0.29, 0.717) is 6.61 Å². The van der Waals surface area contributed by atoms with Crippen LogP contribution in [0.4, 0.5) is 0 Å². The van der Waals surface area contributed by atoms with Crippen LogP contribution in [0.25, 0.3) is 11.0 Å². The number of furan rings is 1. The molecule has 96 valence electrons. The molecule has 3 aromatic rings. The van der Waals surface area contributed by atoms with Gasteiger partial charge < -0.3 is 9.15 Å². The van der Waals surface area contributed by atoms with Crippen molar-refractivity contribution in [2.75, 3.05) is 0 Å². The third-order valence-electron chi connectivity index (χ3n) is 2.93. The minimum absolute atomic E-state index is 0.427. The van der Waals surface area contributed by atoms with Gasteiger partial charge in [0.2, 0.25) is 0 Å². The number of halogens is 1. The lowest BCUT2D eigenvalue weighted by Crippen LogP contribution is -1.93. The molecule has 19 heavy (non-hydrogen) atoms. The highest BCUT2D eigenvalue weighted by molar-refractivity contribution is 9.10. The zero-order valence-corrected chi connectivity index (χ0v) is 12.1. The summed E-state index contributed by atoms with van der Waals surface area (Å²) in [7, 11) is 0. The molecule has 0 N–H and O–H groups in total. The minimum atomic E-state index is 0.427. The Morgan fingerprint density at radius 1 is 1.11 bits per heavy atom. The fourth-order valence-electron chi connectivity index (χ4n) is 2.00. The summed E-state index contributed by atoms with van der Waals surface area (Å²) >= 11 is 3.46. The average Bonchev–Trinajstić information content (AvgIpc) is 2.79. The van der Waals surface area contributed by atoms with E-state index in [9.17, 15) is 0 Å². The Morgan fingerprint density at radius 2 is 1.95 bits per heavy atom. The van der Waals surface area contributed by atoms with E-state index in [1.165, 1.54) is 5.56 Å². The second-order valence-electron chi connectivity index (χ2n) is 4.47. The molecule has 0 unspecified atom stereocenters. The van der Waals surface area contributed by atoms with Gasteiger partial charge in [-0.1, -0.05) is 23.8 Å². The van der Waals surface area contributed by atoms with Crippen LogP contribution in [0, 0.1) is 6.92 Å². The van der Waals surface area contributed by atoms with E-state index in [1.54, 1.807) is 0 Å². The molecule has 0 bridgehead atoms. The molecule has 1 aromatic heterocycles. The highest BCUT2D eigenvalue weighted by Gasteiger charge is 2.06. The molecule has 0 aliphatic heterocycles. The minimum Gasteiger partial charge on any atom is -0.484 e. The number of fused-ring (bicyclic) bond motifs is 1. The van der Waals surface area contributed by atoms with Crippen molar-refractivity contribution in [3.63, 3.8) is 0 Å². The number of rotatable bonds is 3. The van der Waals surface area contributed by atoms with Crippen molar-refractivity contribution in [3.05, 3.63) is 64.3 Å². The van der Waals surface area contributed by atoms with Crippen LogP contribution in [0.1, 0.15) is 11.3 Å². The van der Waals surface area contributed by atoms with Crippen LogP contribution < -0.4 is 4.74 Å². The molecule has 2 aromatic carbocycles. The summed E-state index contributed by atoms with van der Waals surface area (Å²) in [5.74, 6) is 1.65. The molecule has 0 spiro atoms. The van der Waals surface area contributed by atoms with Gasteiger partial charge in [0, 0.05) is 5.39 Å². The standard InChI is InChI=1S/C16H13BrO2/c1-11-6-7-15-12(8-11)9-13(19-15)10-18-16-5-3-2-4-14(16)17/h2-9H,10H2,1H3. The Labute approximate surface area is 120 Å². The zero-order valence-electron chi connectivity index (χ0n) is 10.5. The molecule has 0 saturated carbocycles. The Bertz CT molecular complexity index is 716. The van der Waals surface area contributed by atoms with Gasteiger partial charge in [0.15, 0.2) is 0 Å². The van der Waals surface area contributed by atoms with Crippen LogP contribution in [-0.2, 0) is 6.61 Å². The molecule has 3 heteroatoms. The lowest BCUT2D eigenvalue weighted by Gasteiger charge is -2.05. The number of aryl methyl sites for hydroxylation is 1. The van der Waals surface area contributed by atoms with Gasteiger partial charge in [-0.3, -0.25) is 0 Å². The lowest BCUT2D eigenvalue weighted by atomic mass is 10.2. The van der Waals surface area contributed by atoms with Gasteiger partial charge in [-0.05, 0) is 53.2 Å². The van der Waals surface area contributed by atoms with Gasteiger partial charge >= 0.3 is 0 Å². The number of hydrogen-bond donors (Lipinski definition) is 0. The molecule has 1 heterocycles. The highest BCUT2D eigenvalue weighted by Crippen LogP contribution is 2.26. The molecule has 0 saturated heterocycles. The lowest BCUT2D eigenvalue weighted by molar-refractivity contribution is 0.273. The van der Waals surface area contributed by atoms with E-state index in [4.69, 9.17) is 9.15 Å². The van der Waals surface area contributed by atoms with Crippen LogP contribution in [0.15, 0.2) is 57.4 Å². The predicted molar refractivity (Wildman–Crippen MR) is 79.4 cm³/mol. The van der Waals surface area contributed by atoms with E-state index >= 15 is 0 Å². The molecule has 0 atom stereocenters. The second-order valence-corrected chi connectivity index (χ2v) is 5.33. The molecule has 0 radical (unpaired) electrons. The fourth-order valence-corrected chi connectivity index (χ4v) is 2.40. The second kappa shape index (κ2) is 5.10. The van der Waals surface area contributed by atoms with Crippen LogP contribution in [0.2, 0.25) is 0 Å². The van der Waals surface area contributed by atoms with E-state index in [1.807, 2.05) is 42.5 Å². The van der Waals surface area contributed by atoms with Gasteiger partial charge in [-0.2, -0.15) is 0 Å². The average molecular weight is 317 g/mol. The highest BCUT2D eigenvalue weighted by atomic mass is 79.9. The van der Waals surface area contributed by atoms with Crippen LogP contribution in [0.5, 0.6) is 5.75 Å². The largest absolute Gasteiger partial charge is 0.484 e. The van der Waals surface area contributed by atoms with E-state index in [2.05, 4.69) is 28.9 Å². The maximum atomic E-state index is 5.74. The first kappa shape index (κ1) is 12.3. The number of para-hydroxylation sites is 1. The van der Waals surface area contributed by atoms with Crippen molar-refractivity contribution >= 4 is 26.9 Å². The number of ether oxygens (including phenoxy) is 1. The summed E-state index contributed by atoms with van der Waals surface area (Å²) in [4.78, 5) is 0. The summed E-state index contributed by atoms with van der Waals surface area (Å²) < 4.78 is 12.4. The third kappa shape index (κ3) is 2.66. The first-order valence-electron chi connectivity index (χ1n) is 6.09. The van der Waals surface area contributed by atoms with E-state index in [-0.39, 0.29) is 0 Å². The third-order valence-corrected chi connectivity index (χ3v) is 3.58. The molecule has 0 aliphatic rings. The SMILES string of the molecule is Cc1ccc2oc(COc3ccccc3Br)cc2c1. The Balaban J connectivity index is 1.80. The maximum Gasteiger partial charge on any atom is 0.146 e. The molecular weight excluding hydrogens is 304 g/mol. The summed E-state index contributed by atoms with van der Waals surface area (Å²) in [5, 5.41) is 1.12. The van der Waals surface area contributed by atoms with Gasteiger partial charge in [0.05, 0.1) is 4.47 Å². The van der Waals surface area contributed by atoms with Crippen molar-refractivity contribution in [2.45, 2.75) is 13.5 Å². The molecule has 2 nitrogen and oxygen atoms in total. The van der Waals surface area contributed by atoms with Gasteiger partial charge in [0.1, 0.15) is 23.7 Å². The normalized spacial score (nSPS) is 10.8. The summed E-state index contributed by atoms with van der Waals surface area (Å²) in [6, 6.07) is 16.0. The number of hydrogen-bond acceptors (Lipinski definition) is 2. The summed E-state index contributed by atoms with van der Waals surface area (Å²) in [5.41, 5.74) is 2.13. The van der Waals surface area contributed by atoms with Crippen molar-refractivity contribution < 1.29 is 9.15 Å². The molecule has 0 aliphatic carbocycles. The smallest absolute Gasteiger partial charge is 0.146 e.